The fraction of sp³-hybridized carbons (Fsp3) is 0.308. The molecule has 0 saturated carbocycles. The Morgan fingerprint density at radius 1 is 1.21 bits per heavy atom. The molecule has 1 aromatic heterocycles. The van der Waals surface area contributed by atoms with Crippen molar-refractivity contribution in [2.45, 2.75) is 26.2 Å². The van der Waals surface area contributed by atoms with Gasteiger partial charge in [-0.25, -0.2) is 0 Å². The lowest BCUT2D eigenvalue weighted by molar-refractivity contribution is 0.715. The van der Waals surface area contributed by atoms with E-state index in [9.17, 15) is 0 Å². The van der Waals surface area contributed by atoms with Crippen molar-refractivity contribution >= 4 is 10.8 Å². The van der Waals surface area contributed by atoms with E-state index in [1.807, 2.05) is 6.20 Å². The van der Waals surface area contributed by atoms with Gasteiger partial charge in [0.05, 0.1) is 5.69 Å². The van der Waals surface area contributed by atoms with E-state index in [1.54, 1.807) is 0 Å². The first-order chi connectivity index (χ1) is 6.83. The molecular weight excluding hydrogens is 170 g/mol. The number of benzene rings is 1. The van der Waals surface area contributed by atoms with Crippen LogP contribution >= 0.6 is 0 Å². The quantitative estimate of drug-likeness (QED) is 0.694. The summed E-state index contributed by atoms with van der Waals surface area (Å²) in [6, 6.07) is 10.5. The average molecular weight is 185 g/mol. The molecule has 0 aliphatic carbocycles. The summed E-state index contributed by atoms with van der Waals surface area (Å²) in [6.45, 7) is 4.43. The summed E-state index contributed by atoms with van der Waals surface area (Å²) in [4.78, 5) is 4.48. The fourth-order valence-corrected chi connectivity index (χ4v) is 1.73. The van der Waals surface area contributed by atoms with Gasteiger partial charge in [0.2, 0.25) is 0 Å². The minimum absolute atomic E-state index is 0.543. The molecule has 1 heteroatoms. The maximum Gasteiger partial charge on any atom is 0.0509 e. The SMILES string of the molecule is CCC(C)c1nccc2ccccc12. The van der Waals surface area contributed by atoms with E-state index in [4.69, 9.17) is 0 Å². The van der Waals surface area contributed by atoms with Gasteiger partial charge in [0.25, 0.3) is 0 Å². The molecule has 0 saturated heterocycles. The molecule has 1 aromatic carbocycles. The monoisotopic (exact) mass is 185 g/mol. The number of nitrogens with zero attached hydrogens (tertiary/aromatic N) is 1. The predicted molar refractivity (Wildman–Crippen MR) is 60.4 cm³/mol. The summed E-state index contributed by atoms with van der Waals surface area (Å²) < 4.78 is 0. The summed E-state index contributed by atoms with van der Waals surface area (Å²) in [6.07, 6.45) is 3.05. The molecule has 14 heavy (non-hydrogen) atoms. The molecule has 0 radical (unpaired) electrons. The van der Waals surface area contributed by atoms with Crippen LogP contribution in [0.1, 0.15) is 31.9 Å². The van der Waals surface area contributed by atoms with Crippen molar-refractivity contribution in [1.82, 2.24) is 4.98 Å². The third-order valence-electron chi connectivity index (χ3n) is 2.78. The first-order valence-corrected chi connectivity index (χ1v) is 5.16. The van der Waals surface area contributed by atoms with Crippen LogP contribution in [0.3, 0.4) is 0 Å². The Morgan fingerprint density at radius 2 is 2.00 bits per heavy atom. The first kappa shape index (κ1) is 9.20. The Hall–Kier alpha value is -1.37. The van der Waals surface area contributed by atoms with Crippen molar-refractivity contribution < 1.29 is 0 Å². The lowest BCUT2D eigenvalue weighted by atomic mass is 9.99. The molecule has 0 amide bonds. The first-order valence-electron chi connectivity index (χ1n) is 5.16. The van der Waals surface area contributed by atoms with E-state index in [0.717, 1.165) is 6.42 Å². The van der Waals surface area contributed by atoms with E-state index in [1.165, 1.54) is 16.5 Å². The smallest absolute Gasteiger partial charge is 0.0509 e. The number of rotatable bonds is 2. The van der Waals surface area contributed by atoms with Crippen LogP contribution in [0.2, 0.25) is 0 Å². The Balaban J connectivity index is 2.65. The summed E-state index contributed by atoms with van der Waals surface area (Å²) >= 11 is 0. The highest BCUT2D eigenvalue weighted by Gasteiger charge is 2.07. The van der Waals surface area contributed by atoms with Crippen molar-refractivity contribution in [2.24, 2.45) is 0 Å². The second-order valence-electron chi connectivity index (χ2n) is 3.73. The van der Waals surface area contributed by atoms with Gasteiger partial charge in [0, 0.05) is 11.6 Å². The van der Waals surface area contributed by atoms with Crippen molar-refractivity contribution in [3.63, 3.8) is 0 Å². The summed E-state index contributed by atoms with van der Waals surface area (Å²) in [7, 11) is 0. The highest BCUT2D eigenvalue weighted by molar-refractivity contribution is 5.84. The number of fused-ring (bicyclic) bond motifs is 1. The molecule has 1 atom stereocenters. The zero-order chi connectivity index (χ0) is 9.97. The van der Waals surface area contributed by atoms with Crippen LogP contribution in [-0.4, -0.2) is 4.98 Å². The Bertz CT molecular complexity index is 429. The summed E-state index contributed by atoms with van der Waals surface area (Å²) in [5.74, 6) is 0.543. The second-order valence-corrected chi connectivity index (χ2v) is 3.73. The molecule has 0 spiro atoms. The number of pyridine rings is 1. The molecule has 0 N–H and O–H groups in total. The molecule has 0 bridgehead atoms. The van der Waals surface area contributed by atoms with Crippen molar-refractivity contribution in [2.75, 3.05) is 0 Å². The molecule has 1 nitrogen and oxygen atoms in total. The van der Waals surface area contributed by atoms with E-state index < -0.39 is 0 Å². The molecule has 2 rings (SSSR count). The van der Waals surface area contributed by atoms with E-state index in [0.29, 0.717) is 5.92 Å². The standard InChI is InChI=1S/C13H15N/c1-3-10(2)13-12-7-5-4-6-11(12)8-9-14-13/h4-10H,3H2,1-2H3. The second kappa shape index (κ2) is 3.79. The van der Waals surface area contributed by atoms with E-state index in [2.05, 4.69) is 49.2 Å². The zero-order valence-electron chi connectivity index (χ0n) is 8.70. The Kier molecular flexibility index (Phi) is 2.49. The predicted octanol–water partition coefficient (Wildman–Crippen LogP) is 3.75. The third kappa shape index (κ3) is 1.50. The largest absolute Gasteiger partial charge is 0.260 e. The van der Waals surface area contributed by atoms with E-state index >= 15 is 0 Å². The molecule has 0 fully saturated rings. The van der Waals surface area contributed by atoms with Gasteiger partial charge in [0.15, 0.2) is 0 Å². The fourth-order valence-electron chi connectivity index (χ4n) is 1.73. The molecule has 0 aliphatic rings. The topological polar surface area (TPSA) is 12.9 Å². The minimum Gasteiger partial charge on any atom is -0.260 e. The highest BCUT2D eigenvalue weighted by atomic mass is 14.7. The zero-order valence-corrected chi connectivity index (χ0v) is 8.70. The van der Waals surface area contributed by atoms with Crippen LogP contribution in [-0.2, 0) is 0 Å². The molecule has 1 heterocycles. The van der Waals surface area contributed by atoms with Gasteiger partial charge in [0.1, 0.15) is 0 Å². The lowest BCUT2D eigenvalue weighted by Crippen LogP contribution is -1.96. The van der Waals surface area contributed by atoms with Crippen LogP contribution in [0.5, 0.6) is 0 Å². The van der Waals surface area contributed by atoms with Crippen LogP contribution in [0.15, 0.2) is 36.5 Å². The van der Waals surface area contributed by atoms with Crippen LogP contribution < -0.4 is 0 Å². The van der Waals surface area contributed by atoms with Gasteiger partial charge in [-0.05, 0) is 23.8 Å². The highest BCUT2D eigenvalue weighted by Crippen LogP contribution is 2.24. The normalized spacial score (nSPS) is 13.0. The maximum atomic E-state index is 4.48. The maximum absolute atomic E-state index is 4.48. The van der Waals surface area contributed by atoms with Gasteiger partial charge in [-0.1, -0.05) is 38.1 Å². The third-order valence-corrected chi connectivity index (χ3v) is 2.78. The molecular formula is C13H15N. The van der Waals surface area contributed by atoms with Gasteiger partial charge in [-0.2, -0.15) is 0 Å². The number of hydrogen-bond acceptors (Lipinski definition) is 1. The van der Waals surface area contributed by atoms with Gasteiger partial charge < -0.3 is 0 Å². The van der Waals surface area contributed by atoms with Crippen molar-refractivity contribution in [1.29, 1.82) is 0 Å². The summed E-state index contributed by atoms with van der Waals surface area (Å²) in [5.41, 5.74) is 1.23. The Labute approximate surface area is 84.8 Å². The van der Waals surface area contributed by atoms with Gasteiger partial charge in [-0.3, -0.25) is 4.98 Å². The number of hydrogen-bond donors (Lipinski definition) is 0. The van der Waals surface area contributed by atoms with Gasteiger partial charge >= 0.3 is 0 Å². The van der Waals surface area contributed by atoms with Crippen LogP contribution in [0.25, 0.3) is 10.8 Å². The Morgan fingerprint density at radius 3 is 2.79 bits per heavy atom. The van der Waals surface area contributed by atoms with Gasteiger partial charge in [-0.15, -0.1) is 0 Å². The van der Waals surface area contributed by atoms with Crippen molar-refractivity contribution in [3.8, 4) is 0 Å². The molecule has 1 unspecified atom stereocenters. The summed E-state index contributed by atoms with van der Waals surface area (Å²) in [5, 5.41) is 2.59. The average Bonchev–Trinajstić information content (AvgIpc) is 2.27. The van der Waals surface area contributed by atoms with Crippen LogP contribution in [0.4, 0.5) is 0 Å². The van der Waals surface area contributed by atoms with E-state index in [-0.39, 0.29) is 0 Å². The number of aromatic nitrogens is 1. The molecule has 72 valence electrons. The minimum atomic E-state index is 0.543. The molecule has 0 aliphatic heterocycles. The molecule has 2 aromatic rings. The van der Waals surface area contributed by atoms with Crippen LogP contribution in [0, 0.1) is 0 Å². The van der Waals surface area contributed by atoms with Crippen molar-refractivity contribution in [3.05, 3.63) is 42.2 Å². The lowest BCUT2D eigenvalue weighted by Gasteiger charge is -2.10.